The van der Waals surface area contributed by atoms with Gasteiger partial charge in [-0.1, -0.05) is 54.6 Å². The van der Waals surface area contributed by atoms with Crippen molar-refractivity contribution in [2.24, 2.45) is 0 Å². The first-order valence-electron chi connectivity index (χ1n) is 9.01. The third-order valence-electron chi connectivity index (χ3n) is 4.25. The fourth-order valence-electron chi connectivity index (χ4n) is 2.94. The summed E-state index contributed by atoms with van der Waals surface area (Å²) in [5.74, 6) is -1.54. The molecule has 0 aliphatic rings. The Labute approximate surface area is 159 Å². The Kier molecular flexibility index (Phi) is 6.30. The van der Waals surface area contributed by atoms with Crippen LogP contribution in [0, 0.1) is 0 Å². The van der Waals surface area contributed by atoms with E-state index in [1.165, 1.54) is 0 Å². The largest absolute Gasteiger partial charge is 0.396 e. The predicted octanol–water partition coefficient (Wildman–Crippen LogP) is 3.72. The zero-order chi connectivity index (χ0) is 19.0. The number of rotatable bonds is 9. The van der Waals surface area contributed by atoms with E-state index in [0.29, 0.717) is 6.42 Å². The van der Waals surface area contributed by atoms with Crippen LogP contribution in [0.5, 0.6) is 0 Å². The van der Waals surface area contributed by atoms with Crippen LogP contribution in [0.4, 0.5) is 17.1 Å². The van der Waals surface area contributed by atoms with Crippen LogP contribution in [0.2, 0.25) is 0 Å². The van der Waals surface area contributed by atoms with Gasteiger partial charge < -0.3 is 26.2 Å². The summed E-state index contributed by atoms with van der Waals surface area (Å²) >= 11 is 0. The number of para-hydroxylation sites is 3. The molecular formula is C22H25N3O2. The number of benzene rings is 3. The number of anilines is 3. The van der Waals surface area contributed by atoms with Crippen molar-refractivity contribution in [1.29, 1.82) is 0 Å². The number of aliphatic hydroxyl groups excluding tert-OH is 1. The van der Waals surface area contributed by atoms with Gasteiger partial charge in [-0.2, -0.15) is 0 Å². The lowest BCUT2D eigenvalue weighted by Gasteiger charge is -2.39. The van der Waals surface area contributed by atoms with E-state index in [1.54, 1.807) is 0 Å². The standard InChI is InChI=1S/C22H25N3O2/c26-17-16-21(23-18-10-4-1-5-11-18)22(27,24-19-12-6-2-7-13-19)25-20-14-8-3-9-15-20/h1-15,21,23-27H,16-17H2. The van der Waals surface area contributed by atoms with Gasteiger partial charge in [-0.3, -0.25) is 0 Å². The summed E-state index contributed by atoms with van der Waals surface area (Å²) < 4.78 is 0. The van der Waals surface area contributed by atoms with Gasteiger partial charge >= 0.3 is 0 Å². The fourth-order valence-corrected chi connectivity index (χ4v) is 2.94. The summed E-state index contributed by atoms with van der Waals surface area (Å²) in [5.41, 5.74) is 2.39. The monoisotopic (exact) mass is 363 g/mol. The number of aliphatic hydroxyl groups is 2. The summed E-state index contributed by atoms with van der Waals surface area (Å²) in [6.45, 7) is -0.0697. The Bertz CT molecular complexity index is 756. The van der Waals surface area contributed by atoms with Gasteiger partial charge in [-0.15, -0.1) is 0 Å². The molecule has 0 heterocycles. The molecule has 0 radical (unpaired) electrons. The predicted molar refractivity (Wildman–Crippen MR) is 111 cm³/mol. The van der Waals surface area contributed by atoms with E-state index in [0.717, 1.165) is 17.1 Å². The molecule has 3 aromatic rings. The minimum atomic E-state index is -1.54. The maximum absolute atomic E-state index is 11.6. The molecule has 5 N–H and O–H groups in total. The van der Waals surface area contributed by atoms with Crippen molar-refractivity contribution < 1.29 is 10.2 Å². The molecular weight excluding hydrogens is 338 g/mol. The van der Waals surface area contributed by atoms with E-state index < -0.39 is 11.9 Å². The van der Waals surface area contributed by atoms with Crippen LogP contribution in [0.15, 0.2) is 91.0 Å². The van der Waals surface area contributed by atoms with E-state index >= 15 is 0 Å². The molecule has 3 aromatic carbocycles. The third kappa shape index (κ3) is 5.23. The van der Waals surface area contributed by atoms with Crippen molar-refractivity contribution in [3.8, 4) is 0 Å². The van der Waals surface area contributed by atoms with Gasteiger partial charge in [-0.05, 0) is 42.8 Å². The molecule has 5 nitrogen and oxygen atoms in total. The van der Waals surface area contributed by atoms with Crippen molar-refractivity contribution in [2.45, 2.75) is 18.3 Å². The highest BCUT2D eigenvalue weighted by atomic mass is 16.3. The molecule has 0 aromatic heterocycles. The van der Waals surface area contributed by atoms with E-state index in [1.807, 2.05) is 91.0 Å². The van der Waals surface area contributed by atoms with Crippen molar-refractivity contribution in [2.75, 3.05) is 22.6 Å². The maximum atomic E-state index is 11.6. The zero-order valence-electron chi connectivity index (χ0n) is 15.0. The SMILES string of the molecule is OCCC(Nc1ccccc1)C(O)(Nc1ccccc1)Nc1ccccc1. The average molecular weight is 363 g/mol. The van der Waals surface area contributed by atoms with Gasteiger partial charge in [0.1, 0.15) is 0 Å². The van der Waals surface area contributed by atoms with Crippen LogP contribution in [-0.4, -0.2) is 28.7 Å². The fraction of sp³-hybridized carbons (Fsp3) is 0.182. The molecule has 0 aliphatic heterocycles. The van der Waals surface area contributed by atoms with Crippen LogP contribution in [0.3, 0.4) is 0 Å². The van der Waals surface area contributed by atoms with Gasteiger partial charge in [0.15, 0.2) is 0 Å². The second kappa shape index (κ2) is 9.07. The lowest BCUT2D eigenvalue weighted by atomic mass is 10.1. The summed E-state index contributed by atoms with van der Waals surface area (Å²) in [5, 5.41) is 30.9. The Balaban J connectivity index is 1.91. The molecule has 5 heteroatoms. The highest BCUT2D eigenvalue weighted by molar-refractivity contribution is 5.53. The topological polar surface area (TPSA) is 76.5 Å². The quantitative estimate of drug-likeness (QED) is 0.375. The molecule has 0 amide bonds. The molecule has 0 bridgehead atoms. The molecule has 0 saturated carbocycles. The van der Waals surface area contributed by atoms with Crippen LogP contribution >= 0.6 is 0 Å². The zero-order valence-corrected chi connectivity index (χ0v) is 15.0. The van der Waals surface area contributed by atoms with Crippen LogP contribution in [0.25, 0.3) is 0 Å². The highest BCUT2D eigenvalue weighted by Gasteiger charge is 2.37. The molecule has 0 fully saturated rings. The summed E-state index contributed by atoms with van der Waals surface area (Å²) in [4.78, 5) is 0. The van der Waals surface area contributed by atoms with Gasteiger partial charge in [0, 0.05) is 23.7 Å². The summed E-state index contributed by atoms with van der Waals surface area (Å²) in [6, 6.07) is 28.1. The average Bonchev–Trinajstić information content (AvgIpc) is 2.70. The lowest BCUT2D eigenvalue weighted by molar-refractivity contribution is 0.0681. The second-order valence-electron chi connectivity index (χ2n) is 6.32. The molecule has 0 aliphatic carbocycles. The Morgan fingerprint density at radius 2 is 1.07 bits per heavy atom. The Hall–Kier alpha value is -3.02. The summed E-state index contributed by atoms with van der Waals surface area (Å²) in [6.07, 6.45) is 0.338. The van der Waals surface area contributed by atoms with Crippen molar-refractivity contribution in [1.82, 2.24) is 0 Å². The molecule has 0 spiro atoms. The van der Waals surface area contributed by atoms with Crippen LogP contribution in [-0.2, 0) is 0 Å². The molecule has 140 valence electrons. The number of hydrogen-bond acceptors (Lipinski definition) is 5. The second-order valence-corrected chi connectivity index (χ2v) is 6.32. The van der Waals surface area contributed by atoms with E-state index in [9.17, 15) is 10.2 Å². The van der Waals surface area contributed by atoms with Crippen LogP contribution < -0.4 is 16.0 Å². The third-order valence-corrected chi connectivity index (χ3v) is 4.25. The first kappa shape index (κ1) is 18.8. The van der Waals surface area contributed by atoms with Gasteiger partial charge in [0.25, 0.3) is 0 Å². The highest BCUT2D eigenvalue weighted by Crippen LogP contribution is 2.24. The number of hydrogen-bond donors (Lipinski definition) is 5. The lowest BCUT2D eigenvalue weighted by Crippen LogP contribution is -2.59. The first-order valence-corrected chi connectivity index (χ1v) is 9.01. The molecule has 27 heavy (non-hydrogen) atoms. The molecule has 1 unspecified atom stereocenters. The van der Waals surface area contributed by atoms with E-state index in [4.69, 9.17) is 0 Å². The summed E-state index contributed by atoms with van der Waals surface area (Å²) in [7, 11) is 0. The molecule has 1 atom stereocenters. The first-order chi connectivity index (χ1) is 13.2. The normalized spacial score (nSPS) is 12.2. The molecule has 3 rings (SSSR count). The van der Waals surface area contributed by atoms with Gasteiger partial charge in [0.05, 0.1) is 6.04 Å². The maximum Gasteiger partial charge on any atom is 0.235 e. The number of nitrogens with one attached hydrogen (secondary N) is 3. The van der Waals surface area contributed by atoms with Crippen LogP contribution in [0.1, 0.15) is 6.42 Å². The Morgan fingerprint density at radius 3 is 1.48 bits per heavy atom. The van der Waals surface area contributed by atoms with E-state index in [-0.39, 0.29) is 6.61 Å². The minimum absolute atomic E-state index is 0.0697. The van der Waals surface area contributed by atoms with Gasteiger partial charge in [0.2, 0.25) is 5.85 Å². The smallest absolute Gasteiger partial charge is 0.235 e. The van der Waals surface area contributed by atoms with Crippen molar-refractivity contribution in [3.63, 3.8) is 0 Å². The van der Waals surface area contributed by atoms with Crippen molar-refractivity contribution >= 4 is 17.1 Å². The van der Waals surface area contributed by atoms with E-state index in [2.05, 4.69) is 16.0 Å². The minimum Gasteiger partial charge on any atom is -0.396 e. The molecule has 0 saturated heterocycles. The Morgan fingerprint density at radius 1 is 0.667 bits per heavy atom. The van der Waals surface area contributed by atoms with Crippen molar-refractivity contribution in [3.05, 3.63) is 91.0 Å². The van der Waals surface area contributed by atoms with Gasteiger partial charge in [-0.25, -0.2) is 0 Å².